The molecule has 0 aliphatic heterocycles. The molecule has 108 valence electrons. The minimum absolute atomic E-state index is 0.0517. The molecule has 1 aromatic heterocycles. The van der Waals surface area contributed by atoms with Crippen molar-refractivity contribution in [3.8, 4) is 0 Å². The standard InChI is InChI=1S/C15H13ClN2O3/c16-11-5-6-13(17-9-11)15(21)18-12-3-1-2-10(8-12)4-7-14(19)20/h1-3,5-6,8-9H,4,7H2,(H,18,21)(H,19,20). The van der Waals surface area contributed by atoms with E-state index in [1.165, 1.54) is 12.3 Å². The third kappa shape index (κ3) is 4.57. The van der Waals surface area contributed by atoms with Crippen LogP contribution in [-0.4, -0.2) is 22.0 Å². The Hall–Kier alpha value is -2.40. The number of rotatable bonds is 5. The predicted molar refractivity (Wildman–Crippen MR) is 79.6 cm³/mol. The van der Waals surface area contributed by atoms with E-state index in [-0.39, 0.29) is 18.0 Å². The Labute approximate surface area is 126 Å². The van der Waals surface area contributed by atoms with Gasteiger partial charge in [-0.2, -0.15) is 0 Å². The highest BCUT2D eigenvalue weighted by atomic mass is 35.5. The highest BCUT2D eigenvalue weighted by Gasteiger charge is 2.08. The molecule has 21 heavy (non-hydrogen) atoms. The average molecular weight is 305 g/mol. The summed E-state index contributed by atoms with van der Waals surface area (Å²) in [5.41, 5.74) is 1.70. The van der Waals surface area contributed by atoms with Gasteiger partial charge in [0, 0.05) is 18.3 Å². The summed E-state index contributed by atoms with van der Waals surface area (Å²) in [7, 11) is 0. The van der Waals surface area contributed by atoms with E-state index in [1.54, 1.807) is 24.3 Å². The summed E-state index contributed by atoms with van der Waals surface area (Å²) in [6.07, 6.45) is 1.87. The van der Waals surface area contributed by atoms with Gasteiger partial charge >= 0.3 is 5.97 Å². The van der Waals surface area contributed by atoms with E-state index in [4.69, 9.17) is 16.7 Å². The van der Waals surface area contributed by atoms with Gasteiger partial charge in [0.25, 0.3) is 5.91 Å². The minimum Gasteiger partial charge on any atom is -0.481 e. The molecule has 0 spiro atoms. The number of halogens is 1. The van der Waals surface area contributed by atoms with Crippen LogP contribution in [0.1, 0.15) is 22.5 Å². The number of carbonyl (C=O) groups excluding carboxylic acids is 1. The van der Waals surface area contributed by atoms with Gasteiger partial charge in [0.05, 0.1) is 5.02 Å². The molecular formula is C15H13ClN2O3. The highest BCUT2D eigenvalue weighted by Crippen LogP contribution is 2.14. The summed E-state index contributed by atoms with van der Waals surface area (Å²) in [5, 5.41) is 11.8. The monoisotopic (exact) mass is 304 g/mol. The summed E-state index contributed by atoms with van der Waals surface area (Å²) in [6.45, 7) is 0. The van der Waals surface area contributed by atoms with Gasteiger partial charge in [0.1, 0.15) is 5.69 Å². The number of carboxylic acids is 1. The lowest BCUT2D eigenvalue weighted by Gasteiger charge is -2.06. The largest absolute Gasteiger partial charge is 0.481 e. The lowest BCUT2D eigenvalue weighted by atomic mass is 10.1. The SMILES string of the molecule is O=C(O)CCc1cccc(NC(=O)c2ccc(Cl)cn2)c1. The van der Waals surface area contributed by atoms with Gasteiger partial charge in [0.2, 0.25) is 0 Å². The lowest BCUT2D eigenvalue weighted by molar-refractivity contribution is -0.136. The molecular weight excluding hydrogens is 292 g/mol. The average Bonchev–Trinajstić information content (AvgIpc) is 2.46. The third-order valence-electron chi connectivity index (χ3n) is 2.77. The molecule has 2 aromatic rings. The number of nitrogens with zero attached hydrogens (tertiary/aromatic N) is 1. The van der Waals surface area contributed by atoms with Crippen molar-refractivity contribution in [3.63, 3.8) is 0 Å². The van der Waals surface area contributed by atoms with E-state index in [2.05, 4.69) is 10.3 Å². The second kappa shape index (κ2) is 6.85. The van der Waals surface area contributed by atoms with Crippen molar-refractivity contribution in [3.05, 3.63) is 58.9 Å². The molecule has 1 aromatic carbocycles. The molecule has 0 saturated carbocycles. The van der Waals surface area contributed by atoms with Crippen LogP contribution in [0.15, 0.2) is 42.6 Å². The van der Waals surface area contributed by atoms with Crippen molar-refractivity contribution in [1.82, 2.24) is 4.98 Å². The number of amides is 1. The van der Waals surface area contributed by atoms with Crippen molar-refractivity contribution in [2.45, 2.75) is 12.8 Å². The fourth-order valence-electron chi connectivity index (χ4n) is 1.76. The Kier molecular flexibility index (Phi) is 4.90. The predicted octanol–water partition coefficient (Wildman–Crippen LogP) is 3.00. The van der Waals surface area contributed by atoms with Crippen LogP contribution < -0.4 is 5.32 Å². The van der Waals surface area contributed by atoms with Gasteiger partial charge in [-0.05, 0) is 36.2 Å². The first-order valence-electron chi connectivity index (χ1n) is 6.28. The Morgan fingerprint density at radius 1 is 1.24 bits per heavy atom. The first-order chi connectivity index (χ1) is 10.0. The molecule has 0 aliphatic rings. The lowest BCUT2D eigenvalue weighted by Crippen LogP contribution is -2.13. The molecule has 0 fully saturated rings. The minimum atomic E-state index is -0.852. The number of aryl methyl sites for hydroxylation is 1. The maximum Gasteiger partial charge on any atom is 0.303 e. The van der Waals surface area contributed by atoms with Crippen molar-refractivity contribution in [2.75, 3.05) is 5.32 Å². The first kappa shape index (κ1) is 15.0. The molecule has 5 nitrogen and oxygen atoms in total. The van der Waals surface area contributed by atoms with E-state index in [0.29, 0.717) is 17.1 Å². The number of hydrogen-bond acceptors (Lipinski definition) is 3. The van der Waals surface area contributed by atoms with Crippen molar-refractivity contribution in [2.24, 2.45) is 0 Å². The number of aliphatic carboxylic acids is 1. The molecule has 1 heterocycles. The number of carboxylic acid groups (broad SMARTS) is 1. The zero-order valence-corrected chi connectivity index (χ0v) is 11.8. The Balaban J connectivity index is 2.05. The summed E-state index contributed by atoms with van der Waals surface area (Å²) >= 11 is 5.72. The van der Waals surface area contributed by atoms with Gasteiger partial charge < -0.3 is 10.4 Å². The topological polar surface area (TPSA) is 79.3 Å². The van der Waals surface area contributed by atoms with E-state index in [0.717, 1.165) is 5.56 Å². The second-order valence-electron chi connectivity index (χ2n) is 4.41. The number of carbonyl (C=O) groups is 2. The van der Waals surface area contributed by atoms with Gasteiger partial charge in [-0.1, -0.05) is 23.7 Å². The number of hydrogen-bond donors (Lipinski definition) is 2. The number of aromatic nitrogens is 1. The Morgan fingerprint density at radius 3 is 2.71 bits per heavy atom. The molecule has 0 bridgehead atoms. The number of pyridine rings is 1. The van der Waals surface area contributed by atoms with Crippen molar-refractivity contribution in [1.29, 1.82) is 0 Å². The molecule has 0 radical (unpaired) electrons. The van der Waals surface area contributed by atoms with Crippen LogP contribution in [0, 0.1) is 0 Å². The Bertz CT molecular complexity index is 656. The van der Waals surface area contributed by atoms with E-state index in [1.807, 2.05) is 6.07 Å². The summed E-state index contributed by atoms with van der Waals surface area (Å²) in [5.74, 6) is -1.20. The maximum atomic E-state index is 12.0. The highest BCUT2D eigenvalue weighted by molar-refractivity contribution is 6.30. The zero-order valence-electron chi connectivity index (χ0n) is 11.0. The first-order valence-corrected chi connectivity index (χ1v) is 6.66. The molecule has 2 N–H and O–H groups in total. The van der Waals surface area contributed by atoms with E-state index < -0.39 is 5.97 Å². The smallest absolute Gasteiger partial charge is 0.303 e. The van der Waals surface area contributed by atoms with Crippen molar-refractivity contribution >= 4 is 29.2 Å². The fraction of sp³-hybridized carbons (Fsp3) is 0.133. The quantitative estimate of drug-likeness (QED) is 0.890. The zero-order chi connectivity index (χ0) is 15.2. The number of benzene rings is 1. The van der Waals surface area contributed by atoms with E-state index in [9.17, 15) is 9.59 Å². The number of anilines is 1. The van der Waals surface area contributed by atoms with Gasteiger partial charge in [0.15, 0.2) is 0 Å². The second-order valence-corrected chi connectivity index (χ2v) is 4.85. The normalized spacial score (nSPS) is 10.1. The molecule has 1 amide bonds. The van der Waals surface area contributed by atoms with Crippen LogP contribution in [0.5, 0.6) is 0 Å². The molecule has 0 aliphatic carbocycles. The van der Waals surface area contributed by atoms with Gasteiger partial charge in [-0.15, -0.1) is 0 Å². The van der Waals surface area contributed by atoms with Gasteiger partial charge in [-0.3, -0.25) is 9.59 Å². The van der Waals surface area contributed by atoms with E-state index >= 15 is 0 Å². The van der Waals surface area contributed by atoms with Crippen LogP contribution in [-0.2, 0) is 11.2 Å². The summed E-state index contributed by atoms with van der Waals surface area (Å²) in [4.78, 5) is 26.5. The summed E-state index contributed by atoms with van der Waals surface area (Å²) in [6, 6.07) is 10.2. The molecule has 0 saturated heterocycles. The molecule has 6 heteroatoms. The van der Waals surface area contributed by atoms with Gasteiger partial charge in [-0.25, -0.2) is 4.98 Å². The number of nitrogens with one attached hydrogen (secondary N) is 1. The molecule has 2 rings (SSSR count). The maximum absolute atomic E-state index is 12.0. The third-order valence-corrected chi connectivity index (χ3v) is 3.00. The van der Waals surface area contributed by atoms with Crippen LogP contribution in [0.3, 0.4) is 0 Å². The van der Waals surface area contributed by atoms with Crippen LogP contribution >= 0.6 is 11.6 Å². The van der Waals surface area contributed by atoms with Crippen LogP contribution in [0.2, 0.25) is 5.02 Å². The Morgan fingerprint density at radius 2 is 2.05 bits per heavy atom. The van der Waals surface area contributed by atoms with Crippen molar-refractivity contribution < 1.29 is 14.7 Å². The van der Waals surface area contributed by atoms with Crippen LogP contribution in [0.25, 0.3) is 0 Å². The fourth-order valence-corrected chi connectivity index (χ4v) is 1.87. The summed E-state index contributed by atoms with van der Waals surface area (Å²) < 4.78 is 0. The molecule has 0 unspecified atom stereocenters. The molecule has 0 atom stereocenters. The van der Waals surface area contributed by atoms with Crippen LogP contribution in [0.4, 0.5) is 5.69 Å².